The predicted octanol–water partition coefficient (Wildman–Crippen LogP) is 3.24. The zero-order valence-corrected chi connectivity index (χ0v) is 11.1. The van der Waals surface area contributed by atoms with Gasteiger partial charge < -0.3 is 4.55 Å². The highest BCUT2D eigenvalue weighted by atomic mass is 32.2. The minimum Gasteiger partial charge on any atom is -0.755 e. The lowest BCUT2D eigenvalue weighted by Crippen LogP contribution is -2.21. The first-order chi connectivity index (χ1) is 8.61. The molecule has 18 heavy (non-hydrogen) atoms. The molecule has 4 heteroatoms. The molecule has 0 bridgehead atoms. The summed E-state index contributed by atoms with van der Waals surface area (Å²) in [6.07, 6.45) is 0. The molecule has 0 amide bonds. The van der Waals surface area contributed by atoms with E-state index >= 15 is 0 Å². The number of anilines is 2. The number of hydrogen-bond acceptors (Lipinski definition) is 2. The van der Waals surface area contributed by atoms with Crippen LogP contribution < -0.4 is 4.31 Å². The largest absolute Gasteiger partial charge is 0.755 e. The van der Waals surface area contributed by atoms with Crippen LogP contribution in [0.5, 0.6) is 0 Å². The van der Waals surface area contributed by atoms with Gasteiger partial charge in [-0.25, -0.2) is 0 Å². The fraction of sp³-hybridized carbons (Fsp3) is 0.143. The van der Waals surface area contributed by atoms with Gasteiger partial charge in [0.2, 0.25) is 0 Å². The number of rotatable bonds is 3. The van der Waals surface area contributed by atoms with Crippen LogP contribution in [-0.2, 0) is 11.3 Å². The van der Waals surface area contributed by atoms with Crippen molar-refractivity contribution < 1.29 is 8.76 Å². The molecule has 94 valence electrons. The van der Waals surface area contributed by atoms with Crippen LogP contribution in [0.3, 0.4) is 0 Å². The third kappa shape index (κ3) is 2.44. The van der Waals surface area contributed by atoms with Crippen molar-refractivity contribution in [2.75, 3.05) is 4.31 Å². The summed E-state index contributed by atoms with van der Waals surface area (Å²) in [4.78, 5) is 0. The average molecular weight is 260 g/mol. The molecule has 0 N–H and O–H groups in total. The maximum atomic E-state index is 11.5. The summed E-state index contributed by atoms with van der Waals surface area (Å²) in [5, 5.41) is 0. The maximum Gasteiger partial charge on any atom is 0.0567 e. The Balaban J connectivity index is 2.58. The van der Waals surface area contributed by atoms with Gasteiger partial charge in [-0.1, -0.05) is 36.4 Å². The van der Waals surface area contributed by atoms with Crippen molar-refractivity contribution in [3.63, 3.8) is 0 Å². The molecule has 0 spiro atoms. The molecule has 2 aromatic carbocycles. The quantitative estimate of drug-likeness (QED) is 0.795. The van der Waals surface area contributed by atoms with Crippen LogP contribution in [0.4, 0.5) is 11.4 Å². The first-order valence-corrected chi connectivity index (χ1v) is 6.65. The number of nitrogens with zero attached hydrogens (tertiary/aromatic N) is 1. The molecule has 0 fully saturated rings. The van der Waals surface area contributed by atoms with Crippen LogP contribution in [0.1, 0.15) is 11.1 Å². The highest BCUT2D eigenvalue weighted by Crippen LogP contribution is 2.31. The fourth-order valence-electron chi connectivity index (χ4n) is 1.87. The fourth-order valence-corrected chi connectivity index (χ4v) is 2.60. The molecule has 0 aliphatic rings. The summed E-state index contributed by atoms with van der Waals surface area (Å²) in [6, 6.07) is 14.8. The van der Waals surface area contributed by atoms with Crippen LogP contribution in [0.25, 0.3) is 0 Å². The van der Waals surface area contributed by atoms with Crippen molar-refractivity contribution in [1.82, 2.24) is 0 Å². The molecule has 0 radical (unpaired) electrons. The van der Waals surface area contributed by atoms with Gasteiger partial charge in [-0.15, -0.1) is 0 Å². The molecular weight excluding hydrogens is 246 g/mol. The van der Waals surface area contributed by atoms with Gasteiger partial charge in [0.15, 0.2) is 0 Å². The zero-order valence-electron chi connectivity index (χ0n) is 10.3. The van der Waals surface area contributed by atoms with E-state index in [1.54, 1.807) is 12.1 Å². The Morgan fingerprint density at radius 1 is 0.889 bits per heavy atom. The molecular formula is C14H14NO2S-. The smallest absolute Gasteiger partial charge is 0.0567 e. The first kappa shape index (κ1) is 12.8. The van der Waals surface area contributed by atoms with Crippen LogP contribution >= 0.6 is 0 Å². The molecule has 0 aliphatic carbocycles. The van der Waals surface area contributed by atoms with Crippen molar-refractivity contribution in [3.05, 3.63) is 59.7 Å². The van der Waals surface area contributed by atoms with Gasteiger partial charge in [-0.05, 0) is 37.1 Å². The Bertz CT molecular complexity index is 538. The Morgan fingerprint density at radius 2 is 1.28 bits per heavy atom. The van der Waals surface area contributed by atoms with E-state index in [9.17, 15) is 8.76 Å². The van der Waals surface area contributed by atoms with Crippen LogP contribution in [0, 0.1) is 13.8 Å². The minimum absolute atomic E-state index is 0.681. The van der Waals surface area contributed by atoms with Gasteiger partial charge in [-0.2, -0.15) is 0 Å². The summed E-state index contributed by atoms with van der Waals surface area (Å²) in [7, 11) is 0. The highest BCUT2D eigenvalue weighted by Gasteiger charge is 2.13. The molecule has 0 saturated heterocycles. The summed E-state index contributed by atoms with van der Waals surface area (Å²) in [6.45, 7) is 3.79. The minimum atomic E-state index is -2.34. The number of para-hydroxylation sites is 2. The summed E-state index contributed by atoms with van der Waals surface area (Å²) >= 11 is -2.34. The molecule has 3 nitrogen and oxygen atoms in total. The van der Waals surface area contributed by atoms with Crippen molar-refractivity contribution in [2.24, 2.45) is 0 Å². The molecule has 1 unspecified atom stereocenters. The highest BCUT2D eigenvalue weighted by molar-refractivity contribution is 7.81. The number of aryl methyl sites for hydroxylation is 2. The van der Waals surface area contributed by atoms with Gasteiger partial charge in [0.1, 0.15) is 0 Å². The van der Waals surface area contributed by atoms with Crippen molar-refractivity contribution in [3.8, 4) is 0 Å². The molecule has 0 aliphatic heterocycles. The van der Waals surface area contributed by atoms with E-state index in [2.05, 4.69) is 0 Å². The number of hydrogen-bond donors (Lipinski definition) is 0. The maximum absolute atomic E-state index is 11.5. The second-order valence-electron chi connectivity index (χ2n) is 4.08. The van der Waals surface area contributed by atoms with Crippen molar-refractivity contribution in [1.29, 1.82) is 0 Å². The SMILES string of the molecule is Cc1ccccc1N(c1ccccc1C)S(=O)[O-]. The molecule has 0 saturated carbocycles. The second-order valence-corrected chi connectivity index (χ2v) is 4.88. The van der Waals surface area contributed by atoms with Gasteiger partial charge in [0.05, 0.1) is 22.6 Å². The van der Waals surface area contributed by atoms with E-state index in [4.69, 9.17) is 0 Å². The van der Waals surface area contributed by atoms with Crippen LogP contribution in [-0.4, -0.2) is 8.76 Å². The molecule has 0 heterocycles. The van der Waals surface area contributed by atoms with E-state index in [1.165, 1.54) is 4.31 Å². The van der Waals surface area contributed by atoms with E-state index < -0.39 is 11.3 Å². The van der Waals surface area contributed by atoms with E-state index in [-0.39, 0.29) is 0 Å². The van der Waals surface area contributed by atoms with Crippen molar-refractivity contribution >= 4 is 22.6 Å². The van der Waals surface area contributed by atoms with E-state index in [0.717, 1.165) is 11.1 Å². The third-order valence-electron chi connectivity index (χ3n) is 2.82. The lowest BCUT2D eigenvalue weighted by Gasteiger charge is -2.29. The lowest BCUT2D eigenvalue weighted by atomic mass is 10.1. The lowest BCUT2D eigenvalue weighted by molar-refractivity contribution is 0.537. The van der Waals surface area contributed by atoms with Crippen molar-refractivity contribution in [2.45, 2.75) is 13.8 Å². The monoisotopic (exact) mass is 260 g/mol. The van der Waals surface area contributed by atoms with Crippen LogP contribution in [0.15, 0.2) is 48.5 Å². The summed E-state index contributed by atoms with van der Waals surface area (Å²) < 4.78 is 24.4. The van der Waals surface area contributed by atoms with Gasteiger partial charge in [0.25, 0.3) is 0 Å². The predicted molar refractivity (Wildman–Crippen MR) is 73.4 cm³/mol. The Kier molecular flexibility index (Phi) is 3.79. The Labute approximate surface area is 109 Å². The zero-order chi connectivity index (χ0) is 13.1. The summed E-state index contributed by atoms with van der Waals surface area (Å²) in [5.74, 6) is 0. The third-order valence-corrected chi connectivity index (χ3v) is 3.51. The van der Waals surface area contributed by atoms with Gasteiger partial charge in [-0.3, -0.25) is 8.51 Å². The second kappa shape index (κ2) is 5.33. The van der Waals surface area contributed by atoms with Crippen LogP contribution in [0.2, 0.25) is 0 Å². The Hall–Kier alpha value is -1.65. The molecule has 2 aromatic rings. The normalized spacial score (nSPS) is 12.2. The first-order valence-electron chi connectivity index (χ1n) is 5.62. The van der Waals surface area contributed by atoms with Gasteiger partial charge in [0, 0.05) is 0 Å². The molecule has 1 atom stereocenters. The Morgan fingerprint density at radius 3 is 1.61 bits per heavy atom. The van der Waals surface area contributed by atoms with Gasteiger partial charge >= 0.3 is 0 Å². The topological polar surface area (TPSA) is 43.4 Å². The summed E-state index contributed by atoms with van der Waals surface area (Å²) in [5.41, 5.74) is 3.20. The van der Waals surface area contributed by atoms with E-state index in [0.29, 0.717) is 11.4 Å². The number of benzene rings is 2. The molecule has 0 aromatic heterocycles. The van der Waals surface area contributed by atoms with E-state index in [1.807, 2.05) is 50.2 Å². The standard InChI is InChI=1S/C14H15NO2S/c1-11-7-3-5-9-13(11)15(18(16)17)14-10-6-4-8-12(14)2/h3-10H,1-2H3,(H,16,17)/p-1. The average Bonchev–Trinajstić information content (AvgIpc) is 2.34. The molecule has 2 rings (SSSR count).